The zero-order valence-corrected chi connectivity index (χ0v) is 12.3. The fourth-order valence-corrected chi connectivity index (χ4v) is 2.23. The van der Waals surface area contributed by atoms with Gasteiger partial charge in [-0.3, -0.25) is 4.79 Å². The van der Waals surface area contributed by atoms with Crippen molar-refractivity contribution in [2.24, 2.45) is 0 Å². The van der Waals surface area contributed by atoms with Crippen LogP contribution < -0.4 is 5.32 Å². The Morgan fingerprint density at radius 1 is 1.21 bits per heavy atom. The van der Waals surface area contributed by atoms with E-state index in [0.717, 1.165) is 26.2 Å². The molecule has 0 aliphatic carbocycles. The van der Waals surface area contributed by atoms with Crippen LogP contribution in [0.5, 0.6) is 0 Å². The van der Waals surface area contributed by atoms with Gasteiger partial charge in [0.1, 0.15) is 0 Å². The molecule has 1 saturated heterocycles. The zero-order chi connectivity index (χ0) is 13.8. The molecule has 19 heavy (non-hydrogen) atoms. The van der Waals surface area contributed by atoms with E-state index in [4.69, 9.17) is 23.8 Å². The Balaban J connectivity index is 1.92. The van der Waals surface area contributed by atoms with E-state index in [1.165, 1.54) is 0 Å². The van der Waals surface area contributed by atoms with E-state index in [9.17, 15) is 4.79 Å². The van der Waals surface area contributed by atoms with Crippen LogP contribution in [0.4, 0.5) is 5.69 Å². The topological polar surface area (TPSA) is 35.6 Å². The Bertz CT molecular complexity index is 469. The van der Waals surface area contributed by atoms with Crippen LogP contribution in [0.15, 0.2) is 24.3 Å². The molecule has 1 amide bonds. The van der Waals surface area contributed by atoms with E-state index >= 15 is 0 Å². The monoisotopic (exact) mass is 297 g/mol. The molecular formula is C13H16ClN3OS. The Morgan fingerprint density at radius 3 is 2.37 bits per heavy atom. The average molecular weight is 298 g/mol. The highest BCUT2D eigenvalue weighted by Gasteiger charge is 2.21. The van der Waals surface area contributed by atoms with E-state index in [0.29, 0.717) is 15.7 Å². The third kappa shape index (κ3) is 3.89. The lowest BCUT2D eigenvalue weighted by molar-refractivity contribution is -0.110. The molecule has 0 unspecified atom stereocenters. The van der Waals surface area contributed by atoms with Crippen LogP contribution >= 0.6 is 23.8 Å². The van der Waals surface area contributed by atoms with Gasteiger partial charge in [0.2, 0.25) is 0 Å². The maximum absolute atomic E-state index is 12.0. The van der Waals surface area contributed by atoms with Crippen molar-refractivity contribution < 1.29 is 4.79 Å². The predicted molar refractivity (Wildman–Crippen MR) is 81.7 cm³/mol. The van der Waals surface area contributed by atoms with Crippen molar-refractivity contribution >= 4 is 40.4 Å². The minimum absolute atomic E-state index is 0.234. The molecule has 0 radical (unpaired) electrons. The van der Waals surface area contributed by atoms with E-state index in [1.807, 2.05) is 4.90 Å². The number of piperazine rings is 1. The summed E-state index contributed by atoms with van der Waals surface area (Å²) in [6.07, 6.45) is 0. The summed E-state index contributed by atoms with van der Waals surface area (Å²) in [5.74, 6) is -0.234. The summed E-state index contributed by atoms with van der Waals surface area (Å²) >= 11 is 11.0. The highest BCUT2D eigenvalue weighted by Crippen LogP contribution is 2.13. The average Bonchev–Trinajstić information content (AvgIpc) is 2.41. The third-order valence-electron chi connectivity index (χ3n) is 3.09. The van der Waals surface area contributed by atoms with Gasteiger partial charge in [-0.1, -0.05) is 23.8 Å². The van der Waals surface area contributed by atoms with Gasteiger partial charge in [0.05, 0.1) is 0 Å². The van der Waals surface area contributed by atoms with E-state index in [2.05, 4.69) is 17.3 Å². The second-order valence-electron chi connectivity index (χ2n) is 4.56. The summed E-state index contributed by atoms with van der Waals surface area (Å²) in [4.78, 5) is 16.6. The number of thiocarbonyl (C=S) groups is 1. The largest absolute Gasteiger partial charge is 0.356 e. The molecule has 0 spiro atoms. The first-order chi connectivity index (χ1) is 9.06. The molecule has 1 heterocycles. The molecule has 1 aromatic rings. The lowest BCUT2D eigenvalue weighted by atomic mass is 10.3. The molecule has 1 fully saturated rings. The molecule has 1 aliphatic heterocycles. The lowest BCUT2D eigenvalue weighted by Crippen LogP contribution is -2.49. The van der Waals surface area contributed by atoms with Crippen molar-refractivity contribution in [3.8, 4) is 0 Å². The summed E-state index contributed by atoms with van der Waals surface area (Å²) in [5, 5.41) is 3.42. The van der Waals surface area contributed by atoms with Crippen LogP contribution in [0, 0.1) is 0 Å². The van der Waals surface area contributed by atoms with E-state index in [-0.39, 0.29) is 5.91 Å². The standard InChI is InChI=1S/C13H16ClN3OS/c1-16-6-8-17(9-7-16)13(19)12(18)15-11-4-2-10(14)3-5-11/h2-5H,6-9H2,1H3,(H,15,18). The molecule has 0 saturated carbocycles. The van der Waals surface area contributed by atoms with Crippen LogP contribution in [0.3, 0.4) is 0 Å². The van der Waals surface area contributed by atoms with Crippen molar-refractivity contribution in [2.45, 2.75) is 0 Å². The van der Waals surface area contributed by atoms with Gasteiger partial charge in [-0.2, -0.15) is 0 Å². The quantitative estimate of drug-likeness (QED) is 0.803. The van der Waals surface area contributed by atoms with Gasteiger partial charge in [-0.15, -0.1) is 0 Å². The molecule has 0 bridgehead atoms. The molecule has 1 aliphatic rings. The molecule has 4 nitrogen and oxygen atoms in total. The lowest BCUT2D eigenvalue weighted by Gasteiger charge is -2.33. The SMILES string of the molecule is CN1CCN(C(=S)C(=O)Nc2ccc(Cl)cc2)CC1. The first kappa shape index (κ1) is 14.2. The summed E-state index contributed by atoms with van der Waals surface area (Å²) in [7, 11) is 2.06. The molecule has 102 valence electrons. The first-order valence-electron chi connectivity index (χ1n) is 6.10. The number of anilines is 1. The Morgan fingerprint density at radius 2 is 1.79 bits per heavy atom. The van der Waals surface area contributed by atoms with Gasteiger partial charge in [0.25, 0.3) is 5.91 Å². The van der Waals surface area contributed by atoms with Gasteiger partial charge in [-0.25, -0.2) is 0 Å². The Kier molecular flexibility index (Phi) is 4.74. The van der Waals surface area contributed by atoms with Crippen molar-refractivity contribution in [1.29, 1.82) is 0 Å². The maximum Gasteiger partial charge on any atom is 0.283 e. The van der Waals surface area contributed by atoms with Gasteiger partial charge < -0.3 is 15.1 Å². The van der Waals surface area contributed by atoms with E-state index in [1.54, 1.807) is 24.3 Å². The van der Waals surface area contributed by atoms with Gasteiger partial charge in [0.15, 0.2) is 4.99 Å². The Labute approximate surface area is 123 Å². The van der Waals surface area contributed by atoms with Gasteiger partial charge in [-0.05, 0) is 31.3 Å². The summed E-state index contributed by atoms with van der Waals surface area (Å²) in [5.41, 5.74) is 0.700. The summed E-state index contributed by atoms with van der Waals surface area (Å²) < 4.78 is 0. The molecular weight excluding hydrogens is 282 g/mol. The number of halogens is 1. The predicted octanol–water partition coefficient (Wildman–Crippen LogP) is 1.85. The number of benzene rings is 1. The minimum Gasteiger partial charge on any atom is -0.356 e. The van der Waals surface area contributed by atoms with Crippen LogP contribution in [0.2, 0.25) is 5.02 Å². The fraction of sp³-hybridized carbons (Fsp3) is 0.385. The van der Waals surface area contributed by atoms with Gasteiger partial charge >= 0.3 is 0 Å². The second-order valence-corrected chi connectivity index (χ2v) is 5.38. The van der Waals surface area contributed by atoms with Crippen LogP contribution in [0.1, 0.15) is 0 Å². The summed E-state index contributed by atoms with van der Waals surface area (Å²) in [6, 6.07) is 6.98. The zero-order valence-electron chi connectivity index (χ0n) is 10.7. The van der Waals surface area contributed by atoms with E-state index < -0.39 is 0 Å². The van der Waals surface area contributed by atoms with Gasteiger partial charge in [0, 0.05) is 36.9 Å². The number of hydrogen-bond acceptors (Lipinski definition) is 3. The number of carbonyl (C=O) groups excluding carboxylic acids is 1. The third-order valence-corrected chi connectivity index (χ3v) is 3.78. The van der Waals surface area contributed by atoms with Crippen molar-refractivity contribution in [2.75, 3.05) is 38.5 Å². The number of nitrogens with zero attached hydrogens (tertiary/aromatic N) is 2. The van der Waals surface area contributed by atoms with Crippen molar-refractivity contribution in [3.63, 3.8) is 0 Å². The number of hydrogen-bond donors (Lipinski definition) is 1. The maximum atomic E-state index is 12.0. The molecule has 0 atom stereocenters. The van der Waals surface area contributed by atoms with Crippen LogP contribution in [-0.4, -0.2) is 53.9 Å². The normalized spacial score (nSPS) is 16.2. The van der Waals surface area contributed by atoms with Crippen LogP contribution in [0.25, 0.3) is 0 Å². The highest BCUT2D eigenvalue weighted by molar-refractivity contribution is 7.82. The minimum atomic E-state index is -0.234. The summed E-state index contributed by atoms with van der Waals surface area (Å²) in [6.45, 7) is 3.44. The number of nitrogens with one attached hydrogen (secondary N) is 1. The van der Waals surface area contributed by atoms with Crippen LogP contribution in [-0.2, 0) is 4.79 Å². The molecule has 2 rings (SSSR count). The number of carbonyl (C=O) groups is 1. The Hall–Kier alpha value is -1.17. The first-order valence-corrected chi connectivity index (χ1v) is 6.89. The second kappa shape index (κ2) is 6.32. The molecule has 1 aromatic carbocycles. The number of rotatable bonds is 1. The molecule has 0 aromatic heterocycles. The van der Waals surface area contributed by atoms with Crippen molar-refractivity contribution in [1.82, 2.24) is 9.80 Å². The molecule has 6 heteroatoms. The fourth-order valence-electron chi connectivity index (χ4n) is 1.87. The molecule has 1 N–H and O–H groups in total. The number of amides is 1. The number of likely N-dealkylation sites (N-methyl/N-ethyl adjacent to an activating group) is 1. The highest BCUT2D eigenvalue weighted by atomic mass is 35.5. The smallest absolute Gasteiger partial charge is 0.283 e. The van der Waals surface area contributed by atoms with Crippen molar-refractivity contribution in [3.05, 3.63) is 29.3 Å².